The van der Waals surface area contributed by atoms with Gasteiger partial charge in [-0.3, -0.25) is 0 Å². The predicted molar refractivity (Wildman–Crippen MR) is 209 cm³/mol. The van der Waals surface area contributed by atoms with E-state index < -0.39 is 6.10 Å². The average molecular weight is 657 g/mol. The Bertz CT molecular complexity index is 2000. The van der Waals surface area contributed by atoms with Crippen molar-refractivity contribution >= 4 is 38.0 Å². The second-order valence-corrected chi connectivity index (χ2v) is 16.2. The highest BCUT2D eigenvalue weighted by Crippen LogP contribution is 2.42. The highest BCUT2D eigenvalue weighted by Gasteiger charge is 2.38. The summed E-state index contributed by atoms with van der Waals surface area (Å²) in [5, 5.41) is 19.3. The molecule has 0 radical (unpaired) electrons. The molecule has 3 nitrogen and oxygen atoms in total. The minimum atomic E-state index is -0.399. The van der Waals surface area contributed by atoms with Gasteiger partial charge >= 0.3 is 0 Å². The molecular formula is C46H58NO2+. The molecule has 0 spiro atoms. The number of rotatable bonds is 11. The summed E-state index contributed by atoms with van der Waals surface area (Å²) in [4.78, 5) is 0. The van der Waals surface area contributed by atoms with Crippen molar-refractivity contribution in [2.75, 3.05) is 6.61 Å². The maximum absolute atomic E-state index is 11.5. The van der Waals surface area contributed by atoms with E-state index >= 15 is 0 Å². The molecular weight excluding hydrogens is 599 g/mol. The second-order valence-electron chi connectivity index (χ2n) is 16.2. The van der Waals surface area contributed by atoms with Crippen molar-refractivity contribution in [3.63, 3.8) is 0 Å². The molecule has 0 amide bonds. The summed E-state index contributed by atoms with van der Waals surface area (Å²) in [6.07, 6.45) is 9.58. The van der Waals surface area contributed by atoms with Crippen molar-refractivity contribution in [3.8, 4) is 11.3 Å². The van der Waals surface area contributed by atoms with Gasteiger partial charge in [-0.25, -0.2) is 0 Å². The van der Waals surface area contributed by atoms with Crippen molar-refractivity contribution in [1.29, 1.82) is 0 Å². The zero-order valence-electron chi connectivity index (χ0n) is 31.5. The SMILES string of the molecule is CCC(C)(CC)C(O)CC(OC/C=C1/Cc2cc3c4ccccc4c4ccccc4c3cc2-c2cc(C(C)(C)C)cc[n+]21)C(C)(CC)CC. The van der Waals surface area contributed by atoms with Gasteiger partial charge in [-0.15, -0.1) is 0 Å². The Kier molecular flexibility index (Phi) is 9.83. The fourth-order valence-corrected chi connectivity index (χ4v) is 7.98. The minimum Gasteiger partial charge on any atom is -0.392 e. The normalized spacial score (nSPS) is 15.9. The van der Waals surface area contributed by atoms with Crippen LogP contribution in [0.15, 0.2) is 85.1 Å². The van der Waals surface area contributed by atoms with Crippen LogP contribution in [0.5, 0.6) is 0 Å². The minimum absolute atomic E-state index is 0.00352. The van der Waals surface area contributed by atoms with Crippen molar-refractivity contribution < 1.29 is 14.4 Å². The Balaban J connectivity index is 1.45. The van der Waals surface area contributed by atoms with Gasteiger partial charge in [-0.05, 0) is 97.5 Å². The number of allylic oxidation sites excluding steroid dienone is 1. The topological polar surface area (TPSA) is 33.3 Å². The van der Waals surface area contributed by atoms with E-state index in [4.69, 9.17) is 4.74 Å². The highest BCUT2D eigenvalue weighted by atomic mass is 16.5. The number of aromatic nitrogens is 1. The van der Waals surface area contributed by atoms with Gasteiger partial charge in [0, 0.05) is 24.6 Å². The Hall–Kier alpha value is -3.53. The fourth-order valence-electron chi connectivity index (χ4n) is 7.98. The molecule has 4 aromatic carbocycles. The van der Waals surface area contributed by atoms with E-state index in [1.807, 2.05) is 0 Å². The molecule has 6 rings (SSSR count). The molecule has 0 saturated carbocycles. The molecule has 1 N–H and O–H groups in total. The molecule has 2 heterocycles. The number of benzene rings is 4. The Morgan fingerprint density at radius 2 is 1.24 bits per heavy atom. The Morgan fingerprint density at radius 1 is 0.714 bits per heavy atom. The van der Waals surface area contributed by atoms with Gasteiger partial charge in [0.05, 0.1) is 30.8 Å². The molecule has 2 atom stereocenters. The molecule has 1 aliphatic rings. The molecule has 49 heavy (non-hydrogen) atoms. The van der Waals surface area contributed by atoms with Crippen molar-refractivity contribution in [2.45, 2.75) is 118 Å². The fraction of sp³-hybridized carbons (Fsp3) is 0.457. The zero-order valence-corrected chi connectivity index (χ0v) is 31.5. The number of aliphatic hydroxyl groups is 1. The first-order valence-electron chi connectivity index (χ1n) is 18.8. The largest absolute Gasteiger partial charge is 0.392 e. The van der Waals surface area contributed by atoms with E-state index in [1.165, 1.54) is 60.4 Å². The Labute approximate surface area is 295 Å². The van der Waals surface area contributed by atoms with Gasteiger partial charge in [0.2, 0.25) is 5.69 Å². The smallest absolute Gasteiger partial charge is 0.218 e. The number of nitrogens with zero attached hydrogens (tertiary/aromatic N) is 1. The summed E-state index contributed by atoms with van der Waals surface area (Å²) >= 11 is 0. The van der Waals surface area contributed by atoms with Gasteiger partial charge in [-0.2, -0.15) is 4.57 Å². The number of ether oxygens (including phenoxy) is 1. The van der Waals surface area contributed by atoms with Crippen LogP contribution in [-0.4, -0.2) is 23.9 Å². The van der Waals surface area contributed by atoms with Crippen molar-refractivity contribution in [3.05, 3.63) is 96.2 Å². The van der Waals surface area contributed by atoms with E-state index in [-0.39, 0.29) is 22.3 Å². The lowest BCUT2D eigenvalue weighted by molar-refractivity contribution is -0.572. The lowest BCUT2D eigenvalue weighted by Gasteiger charge is -2.41. The number of hydrogen-bond donors (Lipinski definition) is 1. The van der Waals surface area contributed by atoms with Crippen LogP contribution in [0.4, 0.5) is 0 Å². The monoisotopic (exact) mass is 656 g/mol. The van der Waals surface area contributed by atoms with Crippen molar-refractivity contribution in [2.24, 2.45) is 10.8 Å². The van der Waals surface area contributed by atoms with E-state index in [0.29, 0.717) is 13.0 Å². The molecule has 0 aliphatic carbocycles. The molecule has 5 aromatic rings. The molecule has 2 unspecified atom stereocenters. The van der Waals surface area contributed by atoms with E-state index in [1.54, 1.807) is 0 Å². The summed E-state index contributed by atoms with van der Waals surface area (Å²) in [5.41, 5.74) is 6.39. The first kappa shape index (κ1) is 35.3. The van der Waals surface area contributed by atoms with Crippen LogP contribution < -0.4 is 4.57 Å². The predicted octanol–water partition coefficient (Wildman–Crippen LogP) is 11.6. The van der Waals surface area contributed by atoms with Crippen LogP contribution >= 0.6 is 0 Å². The van der Waals surface area contributed by atoms with Gasteiger partial charge in [-0.1, -0.05) is 111 Å². The summed E-state index contributed by atoms with van der Waals surface area (Å²) in [6.45, 7) is 20.9. The van der Waals surface area contributed by atoms with Crippen LogP contribution in [0.2, 0.25) is 0 Å². The van der Waals surface area contributed by atoms with Crippen LogP contribution in [0, 0.1) is 10.8 Å². The van der Waals surface area contributed by atoms with Crippen LogP contribution in [0.3, 0.4) is 0 Å². The molecule has 0 saturated heterocycles. The number of aliphatic hydroxyl groups excluding tert-OH is 1. The summed E-state index contributed by atoms with van der Waals surface area (Å²) in [5.74, 6) is 0. The molecule has 258 valence electrons. The van der Waals surface area contributed by atoms with Gasteiger partial charge in [0.15, 0.2) is 11.9 Å². The zero-order chi connectivity index (χ0) is 35.1. The van der Waals surface area contributed by atoms with E-state index in [9.17, 15) is 5.11 Å². The standard InChI is InChI=1S/C46H58NO2/c1-10-45(8,11-2)42(48)30-43(46(9,12-3)13-4)49-25-23-33-26-31-27-39-36-20-16-14-18-34(36)35-19-15-17-21-37(35)40(39)29-38(31)41-28-32(44(5,6)7)22-24-47(33)41/h14-24,27-29,42-43,48H,10-13,25-26,30H2,1-9H3/q+1/b33-23-. The summed E-state index contributed by atoms with van der Waals surface area (Å²) < 4.78 is 9.25. The van der Waals surface area contributed by atoms with Gasteiger partial charge < -0.3 is 9.84 Å². The lowest BCUT2D eigenvalue weighted by atomic mass is 9.71. The van der Waals surface area contributed by atoms with Crippen LogP contribution in [0.1, 0.15) is 106 Å². The third kappa shape index (κ3) is 6.46. The Morgan fingerprint density at radius 3 is 1.78 bits per heavy atom. The van der Waals surface area contributed by atoms with E-state index in [0.717, 1.165) is 32.1 Å². The molecule has 0 bridgehead atoms. The number of fused-ring (bicyclic) bond motifs is 9. The third-order valence-electron chi connectivity index (χ3n) is 12.6. The molecule has 1 aromatic heterocycles. The maximum Gasteiger partial charge on any atom is 0.218 e. The average Bonchev–Trinajstić information content (AvgIpc) is 3.12. The van der Waals surface area contributed by atoms with Crippen LogP contribution in [-0.2, 0) is 16.6 Å². The maximum atomic E-state index is 11.5. The quantitative estimate of drug-likeness (QED) is 0.113. The van der Waals surface area contributed by atoms with Crippen molar-refractivity contribution in [1.82, 2.24) is 0 Å². The van der Waals surface area contributed by atoms with Gasteiger partial charge in [0.25, 0.3) is 0 Å². The molecule has 3 heteroatoms. The molecule has 1 aliphatic heterocycles. The van der Waals surface area contributed by atoms with E-state index in [2.05, 4.69) is 152 Å². The highest BCUT2D eigenvalue weighted by molar-refractivity contribution is 6.26. The number of hydrogen-bond acceptors (Lipinski definition) is 2. The van der Waals surface area contributed by atoms with Crippen LogP contribution in [0.25, 0.3) is 49.3 Å². The first-order valence-corrected chi connectivity index (χ1v) is 18.8. The third-order valence-corrected chi connectivity index (χ3v) is 12.6. The number of pyridine rings is 1. The molecule has 0 fully saturated rings. The summed E-state index contributed by atoms with van der Waals surface area (Å²) in [6, 6.07) is 27.3. The second kappa shape index (κ2) is 13.6. The lowest BCUT2D eigenvalue weighted by Crippen LogP contribution is -2.42. The van der Waals surface area contributed by atoms with Gasteiger partial charge in [0.1, 0.15) is 0 Å². The summed E-state index contributed by atoms with van der Waals surface area (Å²) in [7, 11) is 0. The first-order chi connectivity index (χ1) is 23.4.